The molecule has 0 aromatic heterocycles. The van der Waals surface area contributed by atoms with E-state index in [4.69, 9.17) is 9.47 Å². The van der Waals surface area contributed by atoms with Gasteiger partial charge in [0.1, 0.15) is 0 Å². The van der Waals surface area contributed by atoms with E-state index in [9.17, 15) is 4.79 Å². The minimum absolute atomic E-state index is 0.0957. The first-order valence-electron chi connectivity index (χ1n) is 5.48. The summed E-state index contributed by atoms with van der Waals surface area (Å²) in [6, 6.07) is 13.8. The van der Waals surface area contributed by atoms with Crippen LogP contribution in [-0.2, 0) is 0 Å². The third-order valence-electron chi connectivity index (χ3n) is 2.60. The Morgan fingerprint density at radius 1 is 1.06 bits per heavy atom. The molecular weight excluding hydrogens is 295 g/mol. The predicted octanol–water partition coefficient (Wildman–Crippen LogP) is 0.883. The Morgan fingerprint density at radius 3 is 2.50 bits per heavy atom. The van der Waals surface area contributed by atoms with Crippen molar-refractivity contribution in [2.45, 2.75) is 0 Å². The van der Waals surface area contributed by atoms with Crippen LogP contribution in [0.15, 0.2) is 42.5 Å². The molecule has 0 fully saturated rings. The van der Waals surface area contributed by atoms with Crippen molar-refractivity contribution < 1.29 is 14.3 Å². The molecular formula is C14H10O3Se. The van der Waals surface area contributed by atoms with Crippen LogP contribution in [0.5, 0.6) is 11.5 Å². The van der Waals surface area contributed by atoms with Gasteiger partial charge in [-0.25, -0.2) is 0 Å². The number of fused-ring (bicyclic) bond motifs is 1. The standard InChI is InChI=1S/C14H10O3Se/c15-8-10-6-12-13(17-9-16-12)7-14(10)18-11-4-2-1-3-5-11/h1-8H,9H2. The Hall–Kier alpha value is -1.77. The summed E-state index contributed by atoms with van der Waals surface area (Å²) < 4.78 is 12.9. The van der Waals surface area contributed by atoms with Crippen LogP contribution in [0.1, 0.15) is 10.4 Å². The zero-order valence-corrected chi connectivity index (χ0v) is 11.2. The molecule has 1 heterocycles. The molecule has 18 heavy (non-hydrogen) atoms. The van der Waals surface area contributed by atoms with E-state index >= 15 is 0 Å². The molecule has 3 nitrogen and oxygen atoms in total. The number of ether oxygens (including phenoxy) is 2. The van der Waals surface area contributed by atoms with Gasteiger partial charge in [0.05, 0.1) is 0 Å². The zero-order chi connectivity index (χ0) is 12.4. The SMILES string of the molecule is O=Cc1cc2c(cc1[Se]c1ccccc1)OCO2. The maximum atomic E-state index is 11.1. The van der Waals surface area contributed by atoms with Gasteiger partial charge in [-0.05, 0) is 0 Å². The Bertz CT molecular complexity index is 581. The summed E-state index contributed by atoms with van der Waals surface area (Å²) in [7, 11) is 0. The van der Waals surface area contributed by atoms with Crippen LogP contribution in [0.4, 0.5) is 0 Å². The maximum absolute atomic E-state index is 11.1. The molecule has 0 saturated heterocycles. The van der Waals surface area contributed by atoms with E-state index in [0.717, 1.165) is 16.5 Å². The van der Waals surface area contributed by atoms with Gasteiger partial charge in [0.2, 0.25) is 0 Å². The zero-order valence-electron chi connectivity index (χ0n) is 9.46. The molecule has 90 valence electrons. The fourth-order valence-corrected chi connectivity index (χ4v) is 3.70. The first-order valence-corrected chi connectivity index (χ1v) is 7.20. The van der Waals surface area contributed by atoms with E-state index in [0.29, 0.717) is 11.3 Å². The summed E-state index contributed by atoms with van der Waals surface area (Å²) in [5.74, 6) is 1.39. The summed E-state index contributed by atoms with van der Waals surface area (Å²) in [6.45, 7) is 0.232. The normalized spacial score (nSPS) is 12.4. The molecule has 0 N–H and O–H groups in total. The average Bonchev–Trinajstić information content (AvgIpc) is 2.86. The monoisotopic (exact) mass is 306 g/mol. The molecule has 1 aliphatic heterocycles. The van der Waals surface area contributed by atoms with E-state index in [-0.39, 0.29) is 21.7 Å². The topological polar surface area (TPSA) is 35.5 Å². The van der Waals surface area contributed by atoms with E-state index < -0.39 is 0 Å². The molecule has 0 atom stereocenters. The summed E-state index contributed by atoms with van der Waals surface area (Å²) in [6.07, 6.45) is 0.877. The second kappa shape index (κ2) is 4.84. The third kappa shape index (κ3) is 2.13. The van der Waals surface area contributed by atoms with Crippen molar-refractivity contribution in [3.05, 3.63) is 48.0 Å². The van der Waals surface area contributed by atoms with E-state index in [2.05, 4.69) is 12.1 Å². The quantitative estimate of drug-likeness (QED) is 0.624. The Labute approximate surface area is 111 Å². The second-order valence-corrected chi connectivity index (χ2v) is 6.12. The molecule has 0 aliphatic carbocycles. The third-order valence-corrected chi connectivity index (χ3v) is 4.87. The van der Waals surface area contributed by atoms with Gasteiger partial charge < -0.3 is 0 Å². The molecule has 0 bridgehead atoms. The first-order chi connectivity index (χ1) is 8.86. The van der Waals surface area contributed by atoms with Gasteiger partial charge in [-0.15, -0.1) is 0 Å². The number of hydrogen-bond donors (Lipinski definition) is 0. The molecule has 0 unspecified atom stereocenters. The molecule has 0 spiro atoms. The Morgan fingerprint density at radius 2 is 1.78 bits per heavy atom. The van der Waals surface area contributed by atoms with Crippen LogP contribution in [-0.4, -0.2) is 28.0 Å². The summed E-state index contributed by atoms with van der Waals surface area (Å²) in [5.41, 5.74) is 0.683. The van der Waals surface area contributed by atoms with Gasteiger partial charge in [0, 0.05) is 0 Å². The summed E-state index contributed by atoms with van der Waals surface area (Å²) in [4.78, 5) is 11.1. The van der Waals surface area contributed by atoms with Crippen molar-refractivity contribution in [3.63, 3.8) is 0 Å². The molecule has 0 amide bonds. The van der Waals surface area contributed by atoms with Crippen LogP contribution in [0.2, 0.25) is 0 Å². The van der Waals surface area contributed by atoms with Crippen molar-refractivity contribution in [2.24, 2.45) is 0 Å². The van der Waals surface area contributed by atoms with E-state index in [1.807, 2.05) is 24.3 Å². The summed E-state index contributed by atoms with van der Waals surface area (Å²) >= 11 is 0.0957. The summed E-state index contributed by atoms with van der Waals surface area (Å²) in [5, 5.41) is 0. The fourth-order valence-electron chi connectivity index (χ4n) is 1.74. The van der Waals surface area contributed by atoms with Gasteiger partial charge in [-0.3, -0.25) is 0 Å². The number of carbonyl (C=O) groups is 1. The minimum atomic E-state index is 0.0957. The molecule has 2 aromatic rings. The molecule has 0 radical (unpaired) electrons. The van der Waals surface area contributed by atoms with Gasteiger partial charge in [0.25, 0.3) is 0 Å². The number of rotatable bonds is 3. The van der Waals surface area contributed by atoms with E-state index in [1.54, 1.807) is 6.07 Å². The van der Waals surface area contributed by atoms with Crippen molar-refractivity contribution in [1.29, 1.82) is 0 Å². The second-order valence-electron chi connectivity index (χ2n) is 3.78. The number of carbonyl (C=O) groups excluding carboxylic acids is 1. The van der Waals surface area contributed by atoms with Crippen LogP contribution in [0, 0.1) is 0 Å². The van der Waals surface area contributed by atoms with Gasteiger partial charge in [0.15, 0.2) is 0 Å². The van der Waals surface area contributed by atoms with Crippen LogP contribution in [0.3, 0.4) is 0 Å². The van der Waals surface area contributed by atoms with Crippen molar-refractivity contribution in [1.82, 2.24) is 0 Å². The van der Waals surface area contributed by atoms with Crippen LogP contribution in [0.25, 0.3) is 0 Å². The predicted molar refractivity (Wildman–Crippen MR) is 69.4 cm³/mol. The fraction of sp³-hybridized carbons (Fsp3) is 0.0714. The van der Waals surface area contributed by atoms with Crippen molar-refractivity contribution >= 4 is 30.2 Å². The molecule has 2 aromatic carbocycles. The van der Waals surface area contributed by atoms with Crippen LogP contribution < -0.4 is 18.4 Å². The average molecular weight is 305 g/mol. The Kier molecular flexibility index (Phi) is 3.05. The Balaban J connectivity index is 1.98. The van der Waals surface area contributed by atoms with Crippen LogP contribution >= 0.6 is 0 Å². The van der Waals surface area contributed by atoms with E-state index in [1.165, 1.54) is 4.46 Å². The molecule has 0 saturated carbocycles. The molecule has 4 heteroatoms. The van der Waals surface area contributed by atoms with Gasteiger partial charge in [-0.2, -0.15) is 0 Å². The first kappa shape index (κ1) is 11.3. The van der Waals surface area contributed by atoms with Crippen molar-refractivity contribution in [2.75, 3.05) is 6.79 Å². The number of aldehydes is 1. The van der Waals surface area contributed by atoms with Crippen molar-refractivity contribution in [3.8, 4) is 11.5 Å². The van der Waals surface area contributed by atoms with Gasteiger partial charge >= 0.3 is 111 Å². The molecule has 3 rings (SSSR count). The molecule has 1 aliphatic rings. The number of benzene rings is 2. The van der Waals surface area contributed by atoms with Gasteiger partial charge in [-0.1, -0.05) is 0 Å². The number of hydrogen-bond acceptors (Lipinski definition) is 3.